The average Bonchev–Trinajstić information content (AvgIpc) is 3.10. The summed E-state index contributed by atoms with van der Waals surface area (Å²) in [5.41, 5.74) is 2.01. The minimum atomic E-state index is -0.0974. The standard InChI is InChI=1S/C21H24N2O3S/c1-14(15-11-12-17(25-2)18(13-15)26-3)22-20(24)9-6-10-21-23-16-7-4-5-8-19(16)27-21/h4-5,7-8,11-14H,6,9-10H2,1-3H3,(H,22,24). The fourth-order valence-electron chi connectivity index (χ4n) is 2.95. The number of aromatic nitrogens is 1. The monoisotopic (exact) mass is 384 g/mol. The molecule has 27 heavy (non-hydrogen) atoms. The van der Waals surface area contributed by atoms with Gasteiger partial charge in [0.05, 0.1) is 35.5 Å². The number of aryl methyl sites for hydroxylation is 1. The highest BCUT2D eigenvalue weighted by atomic mass is 32.1. The van der Waals surface area contributed by atoms with Gasteiger partial charge < -0.3 is 14.8 Å². The van der Waals surface area contributed by atoms with Crippen LogP contribution in [0.4, 0.5) is 0 Å². The van der Waals surface area contributed by atoms with Crippen LogP contribution in [0.3, 0.4) is 0 Å². The van der Waals surface area contributed by atoms with Gasteiger partial charge in [0, 0.05) is 6.42 Å². The first-order valence-electron chi connectivity index (χ1n) is 8.96. The fraction of sp³-hybridized carbons (Fsp3) is 0.333. The third kappa shape index (κ3) is 4.77. The van der Waals surface area contributed by atoms with Gasteiger partial charge in [0.1, 0.15) is 0 Å². The lowest BCUT2D eigenvalue weighted by Crippen LogP contribution is -2.26. The topological polar surface area (TPSA) is 60.5 Å². The van der Waals surface area contributed by atoms with Gasteiger partial charge in [-0.2, -0.15) is 0 Å². The molecule has 2 aromatic carbocycles. The van der Waals surface area contributed by atoms with E-state index in [1.165, 1.54) is 4.70 Å². The van der Waals surface area contributed by atoms with Crippen molar-refractivity contribution in [2.24, 2.45) is 0 Å². The molecule has 1 aromatic heterocycles. The van der Waals surface area contributed by atoms with Gasteiger partial charge in [-0.05, 0) is 49.6 Å². The summed E-state index contributed by atoms with van der Waals surface area (Å²) >= 11 is 1.70. The Morgan fingerprint density at radius 3 is 2.67 bits per heavy atom. The summed E-state index contributed by atoms with van der Waals surface area (Å²) in [6.45, 7) is 1.96. The number of ether oxygens (including phenoxy) is 2. The molecule has 1 N–H and O–H groups in total. The number of hydrogen-bond acceptors (Lipinski definition) is 5. The SMILES string of the molecule is COc1ccc(C(C)NC(=O)CCCc2nc3ccccc3s2)cc1OC. The van der Waals surface area contributed by atoms with Gasteiger partial charge in [-0.1, -0.05) is 18.2 Å². The first kappa shape index (κ1) is 19.2. The lowest BCUT2D eigenvalue weighted by Gasteiger charge is -2.16. The van der Waals surface area contributed by atoms with E-state index in [0.29, 0.717) is 17.9 Å². The third-order valence-corrected chi connectivity index (χ3v) is 5.51. The van der Waals surface area contributed by atoms with Crippen LogP contribution in [0.15, 0.2) is 42.5 Å². The van der Waals surface area contributed by atoms with Crippen LogP contribution in [0, 0.1) is 0 Å². The van der Waals surface area contributed by atoms with E-state index in [0.717, 1.165) is 28.9 Å². The van der Waals surface area contributed by atoms with Crippen molar-refractivity contribution in [3.8, 4) is 11.5 Å². The maximum absolute atomic E-state index is 12.3. The van der Waals surface area contributed by atoms with Crippen molar-refractivity contribution in [2.75, 3.05) is 14.2 Å². The molecule has 0 aliphatic heterocycles. The summed E-state index contributed by atoms with van der Waals surface area (Å²) in [5, 5.41) is 4.13. The predicted molar refractivity (Wildman–Crippen MR) is 109 cm³/mol. The maximum Gasteiger partial charge on any atom is 0.220 e. The molecule has 3 rings (SSSR count). The largest absolute Gasteiger partial charge is 0.493 e. The molecule has 0 aliphatic rings. The molecular weight excluding hydrogens is 360 g/mol. The molecular formula is C21H24N2O3S. The number of carbonyl (C=O) groups is 1. The van der Waals surface area contributed by atoms with Gasteiger partial charge >= 0.3 is 0 Å². The van der Waals surface area contributed by atoms with Crippen LogP contribution in [0.5, 0.6) is 11.5 Å². The number of rotatable bonds is 8. The van der Waals surface area contributed by atoms with Crippen LogP contribution in [-0.2, 0) is 11.2 Å². The number of para-hydroxylation sites is 1. The molecule has 6 heteroatoms. The number of amides is 1. The zero-order chi connectivity index (χ0) is 19.2. The van der Waals surface area contributed by atoms with Crippen LogP contribution < -0.4 is 14.8 Å². The first-order chi connectivity index (χ1) is 13.1. The highest BCUT2D eigenvalue weighted by Gasteiger charge is 2.13. The zero-order valence-corrected chi connectivity index (χ0v) is 16.6. The quantitative estimate of drug-likeness (QED) is 0.621. The van der Waals surface area contributed by atoms with Crippen molar-refractivity contribution in [1.82, 2.24) is 10.3 Å². The first-order valence-corrected chi connectivity index (χ1v) is 9.78. The summed E-state index contributed by atoms with van der Waals surface area (Å²) in [4.78, 5) is 16.9. The van der Waals surface area contributed by atoms with Gasteiger partial charge in [-0.3, -0.25) is 4.79 Å². The Hall–Kier alpha value is -2.60. The Morgan fingerprint density at radius 2 is 1.93 bits per heavy atom. The molecule has 0 fully saturated rings. The molecule has 0 saturated carbocycles. The Morgan fingerprint density at radius 1 is 1.15 bits per heavy atom. The second kappa shape index (κ2) is 8.86. The second-order valence-corrected chi connectivity index (χ2v) is 7.45. The number of benzene rings is 2. The lowest BCUT2D eigenvalue weighted by atomic mass is 10.1. The molecule has 0 radical (unpaired) electrons. The van der Waals surface area contributed by atoms with Crippen LogP contribution in [0.1, 0.15) is 36.4 Å². The number of carbonyl (C=O) groups excluding carboxylic acids is 1. The maximum atomic E-state index is 12.3. The molecule has 142 valence electrons. The second-order valence-electron chi connectivity index (χ2n) is 6.33. The van der Waals surface area contributed by atoms with Crippen molar-refractivity contribution in [3.05, 3.63) is 53.0 Å². The molecule has 0 saturated heterocycles. The van der Waals surface area contributed by atoms with Crippen LogP contribution in [0.25, 0.3) is 10.2 Å². The molecule has 0 spiro atoms. The molecule has 5 nitrogen and oxygen atoms in total. The van der Waals surface area contributed by atoms with Crippen molar-refractivity contribution >= 4 is 27.5 Å². The molecule has 1 unspecified atom stereocenters. The van der Waals surface area contributed by atoms with E-state index in [9.17, 15) is 4.79 Å². The van der Waals surface area contributed by atoms with E-state index in [1.807, 2.05) is 43.3 Å². The summed E-state index contributed by atoms with van der Waals surface area (Å²) in [7, 11) is 3.21. The predicted octanol–water partition coefficient (Wildman–Crippen LogP) is 4.51. The van der Waals surface area contributed by atoms with Gasteiger partial charge in [0.2, 0.25) is 5.91 Å². The Balaban J connectivity index is 1.51. The normalized spacial score (nSPS) is 12.0. The summed E-state index contributed by atoms with van der Waals surface area (Å²) in [6.07, 6.45) is 2.08. The smallest absolute Gasteiger partial charge is 0.220 e. The minimum Gasteiger partial charge on any atom is -0.493 e. The van der Waals surface area contributed by atoms with Gasteiger partial charge in [0.15, 0.2) is 11.5 Å². The highest BCUT2D eigenvalue weighted by molar-refractivity contribution is 7.18. The lowest BCUT2D eigenvalue weighted by molar-refractivity contribution is -0.121. The number of nitrogens with zero attached hydrogens (tertiary/aromatic N) is 1. The average molecular weight is 385 g/mol. The number of methoxy groups -OCH3 is 2. The summed E-state index contributed by atoms with van der Waals surface area (Å²) < 4.78 is 11.8. The molecule has 0 aliphatic carbocycles. The van der Waals surface area contributed by atoms with Crippen molar-refractivity contribution in [3.63, 3.8) is 0 Å². The molecule has 3 aromatic rings. The molecule has 1 atom stereocenters. The van der Waals surface area contributed by atoms with E-state index >= 15 is 0 Å². The van der Waals surface area contributed by atoms with Crippen LogP contribution >= 0.6 is 11.3 Å². The minimum absolute atomic E-state index is 0.0402. The third-order valence-electron chi connectivity index (χ3n) is 4.42. The van der Waals surface area contributed by atoms with Crippen molar-refractivity contribution in [1.29, 1.82) is 0 Å². The molecule has 1 heterocycles. The van der Waals surface area contributed by atoms with Crippen LogP contribution in [0.2, 0.25) is 0 Å². The van der Waals surface area contributed by atoms with Gasteiger partial charge in [0.25, 0.3) is 0 Å². The molecule has 0 bridgehead atoms. The van der Waals surface area contributed by atoms with E-state index < -0.39 is 0 Å². The highest BCUT2D eigenvalue weighted by Crippen LogP contribution is 2.30. The van der Waals surface area contributed by atoms with E-state index in [4.69, 9.17) is 9.47 Å². The van der Waals surface area contributed by atoms with E-state index in [2.05, 4.69) is 16.4 Å². The van der Waals surface area contributed by atoms with Crippen molar-refractivity contribution < 1.29 is 14.3 Å². The number of nitrogens with one attached hydrogen (secondary N) is 1. The van der Waals surface area contributed by atoms with Gasteiger partial charge in [-0.15, -0.1) is 11.3 Å². The number of thiazole rings is 1. The van der Waals surface area contributed by atoms with E-state index in [1.54, 1.807) is 25.6 Å². The Bertz CT molecular complexity index is 890. The van der Waals surface area contributed by atoms with E-state index in [-0.39, 0.29) is 11.9 Å². The van der Waals surface area contributed by atoms with Gasteiger partial charge in [-0.25, -0.2) is 4.98 Å². The summed E-state index contributed by atoms with van der Waals surface area (Å²) in [6, 6.07) is 13.7. The zero-order valence-electron chi connectivity index (χ0n) is 15.8. The van der Waals surface area contributed by atoms with Crippen molar-refractivity contribution in [2.45, 2.75) is 32.2 Å². The molecule has 1 amide bonds. The van der Waals surface area contributed by atoms with Crippen LogP contribution in [-0.4, -0.2) is 25.1 Å². The Kier molecular flexibility index (Phi) is 6.29. The fourth-order valence-corrected chi connectivity index (χ4v) is 3.96. The number of hydrogen-bond donors (Lipinski definition) is 1. The summed E-state index contributed by atoms with van der Waals surface area (Å²) in [5.74, 6) is 1.38. The number of fused-ring (bicyclic) bond motifs is 1. The Labute approximate surface area is 163 Å².